The predicted octanol–water partition coefficient (Wildman–Crippen LogP) is 0.399. The van der Waals surface area contributed by atoms with Gasteiger partial charge in [0.2, 0.25) is 0 Å². The first kappa shape index (κ1) is 12.8. The van der Waals surface area contributed by atoms with Crippen LogP contribution in [0, 0.1) is 5.92 Å². The van der Waals surface area contributed by atoms with Gasteiger partial charge in [0.15, 0.2) is 0 Å². The molecule has 0 aromatic rings. The van der Waals surface area contributed by atoms with Gasteiger partial charge in [0.1, 0.15) is 0 Å². The number of hydrogen-bond donors (Lipinski definition) is 1. The molecule has 0 bridgehead atoms. The van der Waals surface area contributed by atoms with E-state index in [0.717, 1.165) is 32.2 Å². The van der Waals surface area contributed by atoms with Gasteiger partial charge in [0.25, 0.3) is 10.2 Å². The molecule has 0 spiro atoms. The highest BCUT2D eigenvalue weighted by Crippen LogP contribution is 2.30. The lowest BCUT2D eigenvalue weighted by molar-refractivity contribution is 0.248. The Hall–Kier alpha value is -0.170. The normalized spacial score (nSPS) is 39.1. The SMILES string of the molecule is CC1CCCCN1S(=O)(=O)N1C[C@H]2CCN[C@H]2C1. The molecular formula is C12H23N3O2S. The third-order valence-corrected chi connectivity index (χ3v) is 6.78. The molecule has 3 aliphatic rings. The Labute approximate surface area is 110 Å². The molecule has 3 aliphatic heterocycles. The Kier molecular flexibility index (Phi) is 3.38. The number of hydrogen-bond acceptors (Lipinski definition) is 3. The molecule has 3 heterocycles. The Morgan fingerprint density at radius 3 is 2.72 bits per heavy atom. The van der Waals surface area contributed by atoms with Gasteiger partial charge in [0.05, 0.1) is 0 Å². The lowest BCUT2D eigenvalue weighted by Gasteiger charge is -2.35. The van der Waals surface area contributed by atoms with Crippen molar-refractivity contribution < 1.29 is 8.42 Å². The van der Waals surface area contributed by atoms with Gasteiger partial charge < -0.3 is 5.32 Å². The van der Waals surface area contributed by atoms with Crippen LogP contribution in [0.3, 0.4) is 0 Å². The molecular weight excluding hydrogens is 250 g/mol. The largest absolute Gasteiger partial charge is 0.312 e. The van der Waals surface area contributed by atoms with Crippen molar-refractivity contribution in [1.82, 2.24) is 13.9 Å². The molecule has 18 heavy (non-hydrogen) atoms. The average Bonchev–Trinajstić information content (AvgIpc) is 2.89. The Morgan fingerprint density at radius 1 is 1.17 bits per heavy atom. The molecule has 5 nitrogen and oxygen atoms in total. The molecule has 3 fully saturated rings. The molecule has 104 valence electrons. The third-order valence-electron chi connectivity index (χ3n) is 4.69. The van der Waals surface area contributed by atoms with Gasteiger partial charge in [-0.25, -0.2) is 0 Å². The Bertz CT molecular complexity index is 400. The Morgan fingerprint density at radius 2 is 2.00 bits per heavy atom. The van der Waals surface area contributed by atoms with E-state index in [0.29, 0.717) is 31.6 Å². The maximum Gasteiger partial charge on any atom is 0.282 e. The van der Waals surface area contributed by atoms with Gasteiger partial charge in [-0.05, 0) is 38.6 Å². The molecule has 0 aliphatic carbocycles. The fourth-order valence-electron chi connectivity index (χ4n) is 3.56. The summed E-state index contributed by atoms with van der Waals surface area (Å²) in [6.45, 7) is 5.15. The number of fused-ring (bicyclic) bond motifs is 1. The topological polar surface area (TPSA) is 52.7 Å². The molecule has 6 heteroatoms. The molecule has 3 atom stereocenters. The highest BCUT2D eigenvalue weighted by molar-refractivity contribution is 7.86. The molecule has 0 aromatic heterocycles. The third kappa shape index (κ3) is 2.09. The first-order chi connectivity index (χ1) is 8.59. The number of nitrogens with one attached hydrogen (secondary N) is 1. The van der Waals surface area contributed by atoms with E-state index in [2.05, 4.69) is 5.32 Å². The van der Waals surface area contributed by atoms with Crippen LogP contribution in [0.2, 0.25) is 0 Å². The molecule has 0 aromatic carbocycles. The van der Waals surface area contributed by atoms with Gasteiger partial charge in [-0.2, -0.15) is 17.0 Å². The summed E-state index contributed by atoms with van der Waals surface area (Å²) in [7, 11) is -3.23. The number of rotatable bonds is 2. The van der Waals surface area contributed by atoms with Crippen LogP contribution in [0.5, 0.6) is 0 Å². The molecule has 3 saturated heterocycles. The predicted molar refractivity (Wildman–Crippen MR) is 70.4 cm³/mol. The lowest BCUT2D eigenvalue weighted by Crippen LogP contribution is -2.49. The number of nitrogens with zero attached hydrogens (tertiary/aromatic N) is 2. The van der Waals surface area contributed by atoms with Gasteiger partial charge >= 0.3 is 0 Å². The maximum absolute atomic E-state index is 12.7. The zero-order valence-corrected chi connectivity index (χ0v) is 11.8. The molecule has 0 amide bonds. The summed E-state index contributed by atoms with van der Waals surface area (Å²) in [5.41, 5.74) is 0. The summed E-state index contributed by atoms with van der Waals surface area (Å²) >= 11 is 0. The minimum Gasteiger partial charge on any atom is -0.312 e. The summed E-state index contributed by atoms with van der Waals surface area (Å²) < 4.78 is 28.7. The van der Waals surface area contributed by atoms with E-state index >= 15 is 0 Å². The summed E-state index contributed by atoms with van der Waals surface area (Å²) in [5.74, 6) is 0.528. The van der Waals surface area contributed by atoms with E-state index in [4.69, 9.17) is 0 Å². The summed E-state index contributed by atoms with van der Waals surface area (Å²) in [4.78, 5) is 0. The molecule has 1 unspecified atom stereocenters. The standard InChI is InChI=1S/C12H23N3O2S/c1-10-4-2-3-7-15(10)18(16,17)14-8-11-5-6-13-12(11)9-14/h10-13H,2-9H2,1H3/t10?,11-,12+/m1/s1. The number of piperidine rings is 1. The van der Waals surface area contributed by atoms with Crippen molar-refractivity contribution in [2.75, 3.05) is 26.2 Å². The van der Waals surface area contributed by atoms with Crippen LogP contribution in [-0.4, -0.2) is 55.3 Å². The molecule has 3 rings (SSSR count). The highest BCUT2D eigenvalue weighted by Gasteiger charge is 2.44. The zero-order chi connectivity index (χ0) is 12.8. The molecule has 1 N–H and O–H groups in total. The van der Waals surface area contributed by atoms with Crippen LogP contribution in [0.4, 0.5) is 0 Å². The molecule has 0 saturated carbocycles. The maximum atomic E-state index is 12.7. The monoisotopic (exact) mass is 273 g/mol. The van der Waals surface area contributed by atoms with Gasteiger partial charge in [0, 0.05) is 31.7 Å². The fourth-order valence-corrected chi connectivity index (χ4v) is 5.51. The first-order valence-corrected chi connectivity index (χ1v) is 8.49. The van der Waals surface area contributed by atoms with E-state index < -0.39 is 10.2 Å². The van der Waals surface area contributed by atoms with Crippen molar-refractivity contribution in [3.05, 3.63) is 0 Å². The summed E-state index contributed by atoms with van der Waals surface area (Å²) in [6.07, 6.45) is 4.27. The quantitative estimate of drug-likeness (QED) is 0.792. The van der Waals surface area contributed by atoms with E-state index in [1.54, 1.807) is 8.61 Å². The molecule has 0 radical (unpaired) electrons. The lowest BCUT2D eigenvalue weighted by atomic mass is 10.1. The highest BCUT2D eigenvalue weighted by atomic mass is 32.2. The average molecular weight is 273 g/mol. The van der Waals surface area contributed by atoms with Crippen molar-refractivity contribution in [3.8, 4) is 0 Å². The first-order valence-electron chi connectivity index (χ1n) is 7.09. The van der Waals surface area contributed by atoms with Crippen LogP contribution in [-0.2, 0) is 10.2 Å². The van der Waals surface area contributed by atoms with Gasteiger partial charge in [-0.3, -0.25) is 0 Å². The smallest absolute Gasteiger partial charge is 0.282 e. The van der Waals surface area contributed by atoms with E-state index in [1.807, 2.05) is 6.92 Å². The van der Waals surface area contributed by atoms with Crippen LogP contribution >= 0.6 is 0 Å². The minimum atomic E-state index is -3.23. The summed E-state index contributed by atoms with van der Waals surface area (Å²) in [6, 6.07) is 0.553. The second-order valence-electron chi connectivity index (χ2n) is 5.89. The van der Waals surface area contributed by atoms with Crippen molar-refractivity contribution in [1.29, 1.82) is 0 Å². The second kappa shape index (κ2) is 4.74. The van der Waals surface area contributed by atoms with E-state index in [-0.39, 0.29) is 6.04 Å². The van der Waals surface area contributed by atoms with Crippen LogP contribution in [0.1, 0.15) is 32.6 Å². The van der Waals surface area contributed by atoms with Crippen molar-refractivity contribution in [2.45, 2.75) is 44.7 Å². The van der Waals surface area contributed by atoms with Crippen LogP contribution < -0.4 is 5.32 Å². The van der Waals surface area contributed by atoms with Crippen LogP contribution in [0.25, 0.3) is 0 Å². The van der Waals surface area contributed by atoms with Crippen molar-refractivity contribution in [3.63, 3.8) is 0 Å². The minimum absolute atomic E-state index is 0.164. The zero-order valence-electron chi connectivity index (χ0n) is 11.0. The van der Waals surface area contributed by atoms with Gasteiger partial charge in [-0.1, -0.05) is 6.42 Å². The second-order valence-corrected chi connectivity index (χ2v) is 7.77. The van der Waals surface area contributed by atoms with Crippen molar-refractivity contribution >= 4 is 10.2 Å². The van der Waals surface area contributed by atoms with Gasteiger partial charge in [-0.15, -0.1) is 0 Å². The van der Waals surface area contributed by atoms with E-state index in [1.165, 1.54) is 0 Å². The van der Waals surface area contributed by atoms with Crippen LogP contribution in [0.15, 0.2) is 0 Å². The summed E-state index contributed by atoms with van der Waals surface area (Å²) in [5, 5.41) is 3.41. The fraction of sp³-hybridized carbons (Fsp3) is 1.00. The van der Waals surface area contributed by atoms with E-state index in [9.17, 15) is 8.42 Å². The van der Waals surface area contributed by atoms with Crippen molar-refractivity contribution in [2.24, 2.45) is 5.92 Å². The Balaban J connectivity index is 1.74.